The van der Waals surface area contributed by atoms with E-state index in [1.807, 2.05) is 43.3 Å². The quantitative estimate of drug-likeness (QED) is 0.661. The molecule has 2 aromatic carbocycles. The van der Waals surface area contributed by atoms with Crippen LogP contribution in [0.3, 0.4) is 0 Å². The van der Waals surface area contributed by atoms with Crippen LogP contribution in [-0.4, -0.2) is 45.7 Å². The molecule has 0 spiro atoms. The number of anilines is 1. The molecule has 1 aliphatic carbocycles. The number of benzene rings is 2. The molecule has 1 N–H and O–H groups in total. The summed E-state index contributed by atoms with van der Waals surface area (Å²) in [6, 6.07) is 12.4. The minimum Gasteiger partial charge on any atom is -0.493 e. The summed E-state index contributed by atoms with van der Waals surface area (Å²) < 4.78 is 10.4. The van der Waals surface area contributed by atoms with Gasteiger partial charge in [0.2, 0.25) is 5.78 Å². The Morgan fingerprint density at radius 3 is 2.28 bits per heavy atom. The molecule has 0 saturated carbocycles. The van der Waals surface area contributed by atoms with Crippen LogP contribution in [0.25, 0.3) is 0 Å². The van der Waals surface area contributed by atoms with Gasteiger partial charge in [0.1, 0.15) is 0 Å². The fourth-order valence-corrected chi connectivity index (χ4v) is 3.26. The van der Waals surface area contributed by atoms with Crippen LogP contribution in [-0.2, 0) is 4.79 Å². The first kappa shape index (κ1) is 23.1. The van der Waals surface area contributed by atoms with Gasteiger partial charge in [-0.15, -0.1) is 0 Å². The first-order valence-electron chi connectivity index (χ1n) is 9.77. The molecule has 3 rings (SSSR count). The van der Waals surface area contributed by atoms with Gasteiger partial charge >= 0.3 is 0 Å². The molecule has 7 nitrogen and oxygen atoms in total. The minimum absolute atomic E-state index is 0.0128. The molecule has 0 radical (unpaired) electrons. The maximum absolute atomic E-state index is 12.8. The molecule has 0 unspecified atom stereocenters. The first-order chi connectivity index (χ1) is 15.2. The van der Waals surface area contributed by atoms with Gasteiger partial charge in [-0.25, -0.2) is 4.99 Å². The number of ether oxygens (including phenoxy) is 2. The number of hydrogen-bond acceptors (Lipinski definition) is 6. The molecule has 0 aromatic heterocycles. The number of nitrogens with one attached hydrogen (secondary N) is 1. The Labute approximate surface area is 192 Å². The van der Waals surface area contributed by atoms with Crippen molar-refractivity contribution in [1.82, 2.24) is 5.32 Å². The first-order valence-corrected chi connectivity index (χ1v) is 10.2. The van der Waals surface area contributed by atoms with E-state index in [1.54, 1.807) is 19.1 Å². The van der Waals surface area contributed by atoms with Crippen LogP contribution < -0.4 is 19.7 Å². The molecule has 0 aliphatic heterocycles. The molecule has 1 aliphatic rings. The van der Waals surface area contributed by atoms with Gasteiger partial charge in [0.25, 0.3) is 5.91 Å². The number of halogens is 1. The lowest BCUT2D eigenvalue weighted by Gasteiger charge is -2.17. The summed E-state index contributed by atoms with van der Waals surface area (Å²) in [4.78, 5) is 32.0. The zero-order valence-corrected chi connectivity index (χ0v) is 19.3. The lowest BCUT2D eigenvalue weighted by Crippen LogP contribution is -2.31. The molecule has 0 fully saturated rings. The average Bonchev–Trinajstić information content (AvgIpc) is 2.80. The summed E-state index contributed by atoms with van der Waals surface area (Å²) in [6.07, 6.45) is 1.53. The number of Topliss-reactive ketones (excluding diaryl/α,β-unsaturated/α-hetero) is 1. The van der Waals surface area contributed by atoms with Crippen LogP contribution in [0.5, 0.6) is 11.5 Å². The molecule has 0 saturated heterocycles. The number of ketones is 1. The summed E-state index contributed by atoms with van der Waals surface area (Å²) in [5.41, 5.74) is 3.12. The van der Waals surface area contributed by atoms with Crippen LogP contribution in [0.1, 0.15) is 17.3 Å². The highest BCUT2D eigenvalue weighted by Crippen LogP contribution is 2.28. The normalized spacial score (nSPS) is 14.9. The van der Waals surface area contributed by atoms with E-state index >= 15 is 0 Å². The summed E-state index contributed by atoms with van der Waals surface area (Å²) in [5.74, 6) is -0.0567. The van der Waals surface area contributed by atoms with Crippen LogP contribution in [0.4, 0.5) is 11.4 Å². The van der Waals surface area contributed by atoms with Crippen molar-refractivity contribution in [2.45, 2.75) is 6.92 Å². The van der Waals surface area contributed by atoms with E-state index in [0.717, 1.165) is 5.69 Å². The number of nitrogens with zero attached hydrogens (tertiary/aromatic N) is 2. The predicted molar refractivity (Wildman–Crippen MR) is 127 cm³/mol. The summed E-state index contributed by atoms with van der Waals surface area (Å²) in [7, 11) is 6.90. The Balaban J connectivity index is 1.90. The zero-order valence-electron chi connectivity index (χ0n) is 18.5. The van der Waals surface area contributed by atoms with Gasteiger partial charge in [-0.1, -0.05) is 11.6 Å². The molecule has 0 heterocycles. The van der Waals surface area contributed by atoms with E-state index in [9.17, 15) is 9.59 Å². The highest BCUT2D eigenvalue weighted by molar-refractivity contribution is 6.49. The third-order valence-electron chi connectivity index (χ3n) is 4.95. The molecule has 166 valence electrons. The molecule has 32 heavy (non-hydrogen) atoms. The van der Waals surface area contributed by atoms with Crippen LogP contribution >= 0.6 is 11.6 Å². The van der Waals surface area contributed by atoms with Crippen molar-refractivity contribution in [1.29, 1.82) is 0 Å². The fraction of sp³-hybridized carbons (Fsp3) is 0.208. The van der Waals surface area contributed by atoms with Crippen molar-refractivity contribution in [3.63, 3.8) is 0 Å². The Morgan fingerprint density at radius 2 is 1.69 bits per heavy atom. The minimum atomic E-state index is -0.482. The summed E-state index contributed by atoms with van der Waals surface area (Å²) in [5, 5.41) is 2.65. The topological polar surface area (TPSA) is 80.2 Å². The van der Waals surface area contributed by atoms with E-state index in [-0.39, 0.29) is 10.7 Å². The van der Waals surface area contributed by atoms with Gasteiger partial charge in [-0.05, 0) is 61.0 Å². The number of hydrogen-bond donors (Lipinski definition) is 1. The number of carbonyl (C=O) groups is 2. The maximum atomic E-state index is 12.8. The molecule has 8 heteroatoms. The van der Waals surface area contributed by atoms with Crippen LogP contribution in [0.15, 0.2) is 69.8 Å². The van der Waals surface area contributed by atoms with Crippen molar-refractivity contribution < 1.29 is 19.1 Å². The van der Waals surface area contributed by atoms with Crippen LogP contribution in [0.2, 0.25) is 0 Å². The smallest absolute Gasteiger partial charge is 0.255 e. The van der Waals surface area contributed by atoms with Gasteiger partial charge in [-0.3, -0.25) is 9.59 Å². The Bertz CT molecular complexity index is 1150. The molecule has 0 bridgehead atoms. The van der Waals surface area contributed by atoms with Crippen molar-refractivity contribution >= 4 is 40.4 Å². The Morgan fingerprint density at radius 1 is 1.03 bits per heavy atom. The molecule has 0 atom stereocenters. The second-order valence-electron chi connectivity index (χ2n) is 7.26. The summed E-state index contributed by atoms with van der Waals surface area (Å²) in [6.45, 7) is 1.72. The Hall–Kier alpha value is -3.58. The van der Waals surface area contributed by atoms with Gasteiger partial charge in [0.05, 0.1) is 36.3 Å². The third-order valence-corrected chi connectivity index (χ3v) is 5.40. The third kappa shape index (κ3) is 4.84. The second-order valence-corrected chi connectivity index (χ2v) is 7.64. The molecule has 2 aromatic rings. The fourth-order valence-electron chi connectivity index (χ4n) is 3.06. The lowest BCUT2D eigenvalue weighted by molar-refractivity contribution is -0.112. The van der Waals surface area contributed by atoms with Crippen molar-refractivity contribution in [2.24, 2.45) is 4.99 Å². The molecular weight excluding hydrogens is 430 g/mol. The molecule has 1 amide bonds. The standard InChI is InChI=1S/C24H24ClN3O4/c1-14-18(26-16-7-9-17(10-8-16)28(2)3)13-19(23(29)22(14)25)27-24(30)15-6-11-20(31-4)21(12-15)32-5/h6-13H,1-5H3,(H,27,30)/b26-18+. The van der Waals surface area contributed by atoms with Crippen LogP contribution in [0, 0.1) is 0 Å². The largest absolute Gasteiger partial charge is 0.493 e. The number of rotatable bonds is 6. The van der Waals surface area contributed by atoms with E-state index in [4.69, 9.17) is 21.1 Å². The highest BCUT2D eigenvalue weighted by atomic mass is 35.5. The molecular formula is C24H24ClN3O4. The number of allylic oxidation sites excluding steroid dienone is 3. The predicted octanol–water partition coefficient (Wildman–Crippen LogP) is 4.25. The zero-order chi connectivity index (χ0) is 23.4. The van der Waals surface area contributed by atoms with Gasteiger partial charge in [0.15, 0.2) is 11.5 Å². The monoisotopic (exact) mass is 453 g/mol. The van der Waals surface area contributed by atoms with E-state index in [0.29, 0.717) is 34.0 Å². The van der Waals surface area contributed by atoms with Gasteiger partial charge in [0, 0.05) is 25.3 Å². The van der Waals surface area contributed by atoms with Crippen molar-refractivity contribution in [3.8, 4) is 11.5 Å². The highest BCUT2D eigenvalue weighted by Gasteiger charge is 2.26. The number of methoxy groups -OCH3 is 2. The van der Waals surface area contributed by atoms with E-state index in [1.165, 1.54) is 26.4 Å². The van der Waals surface area contributed by atoms with Gasteiger partial charge in [-0.2, -0.15) is 0 Å². The lowest BCUT2D eigenvalue weighted by atomic mass is 10.0. The van der Waals surface area contributed by atoms with Crippen molar-refractivity contribution in [3.05, 3.63) is 70.4 Å². The number of carbonyl (C=O) groups excluding carboxylic acids is 2. The van der Waals surface area contributed by atoms with E-state index in [2.05, 4.69) is 10.3 Å². The average molecular weight is 454 g/mol. The van der Waals surface area contributed by atoms with Gasteiger partial charge < -0.3 is 19.7 Å². The SMILES string of the molecule is COc1ccc(C(=O)NC2=C/C(=N\c3ccc(N(C)C)cc3)C(C)=C(Cl)C2=O)cc1OC. The Kier molecular flexibility index (Phi) is 7.00. The second kappa shape index (κ2) is 9.70. The van der Waals surface area contributed by atoms with E-state index < -0.39 is 11.7 Å². The van der Waals surface area contributed by atoms with Crippen molar-refractivity contribution in [2.75, 3.05) is 33.2 Å². The summed E-state index contributed by atoms with van der Waals surface area (Å²) >= 11 is 6.27. The number of aliphatic imine (C=N–C) groups is 1. The maximum Gasteiger partial charge on any atom is 0.255 e. The number of amides is 1.